The normalized spacial score (nSPS) is 15.4. The molecule has 4 aromatic rings. The topological polar surface area (TPSA) is 79.7 Å². The zero-order valence-electron chi connectivity index (χ0n) is 23.1. The van der Waals surface area contributed by atoms with Crippen LogP contribution < -0.4 is 0 Å². The van der Waals surface area contributed by atoms with E-state index in [1.165, 1.54) is 11.3 Å². The number of nitrogens with zero attached hydrogens (tertiary/aromatic N) is 1. The van der Waals surface area contributed by atoms with E-state index in [2.05, 4.69) is 17.1 Å². The van der Waals surface area contributed by atoms with Gasteiger partial charge in [0.1, 0.15) is 9.85 Å². The number of carboxylic acid groups (broad SMARTS) is 1. The number of ether oxygens (including phenoxy) is 1. The minimum atomic E-state index is -0.952. The number of thiophene rings is 1. The van der Waals surface area contributed by atoms with Crippen molar-refractivity contribution < 1.29 is 19.7 Å². The van der Waals surface area contributed by atoms with Gasteiger partial charge in [0, 0.05) is 5.41 Å². The van der Waals surface area contributed by atoms with E-state index < -0.39 is 11.6 Å². The summed E-state index contributed by atoms with van der Waals surface area (Å²) in [5, 5.41) is 20.6. The fraction of sp³-hybridized carbons (Fsp3) is 0.333. The maximum Gasteiger partial charge on any atom is 0.303 e. The summed E-state index contributed by atoms with van der Waals surface area (Å²) in [6.45, 7) is 4.00. The molecule has 2 aromatic carbocycles. The highest BCUT2D eigenvalue weighted by Crippen LogP contribution is 2.50. The average molecular weight is 611 g/mol. The van der Waals surface area contributed by atoms with Gasteiger partial charge >= 0.3 is 5.97 Å². The van der Waals surface area contributed by atoms with Crippen molar-refractivity contribution in [2.24, 2.45) is 5.41 Å². The number of hydrogen-bond donors (Lipinski definition) is 2. The minimum absolute atomic E-state index is 0.126. The quantitative estimate of drug-likeness (QED) is 0.167. The first kappa shape index (κ1) is 29.7. The van der Waals surface area contributed by atoms with E-state index in [1.54, 1.807) is 13.8 Å². The zero-order chi connectivity index (χ0) is 29.2. The van der Waals surface area contributed by atoms with Gasteiger partial charge in [-0.25, -0.2) is 4.98 Å². The Morgan fingerprint density at radius 1 is 1.12 bits per heavy atom. The Kier molecular flexibility index (Phi) is 8.88. The molecule has 1 aliphatic rings. The molecule has 2 heterocycles. The lowest BCUT2D eigenvalue weighted by Gasteiger charge is -2.25. The van der Waals surface area contributed by atoms with E-state index in [0.29, 0.717) is 34.3 Å². The van der Waals surface area contributed by atoms with E-state index in [0.717, 1.165) is 45.5 Å². The van der Waals surface area contributed by atoms with Gasteiger partial charge in [0.15, 0.2) is 0 Å². The second kappa shape index (κ2) is 12.2. The lowest BCUT2D eigenvalue weighted by atomic mass is 9.89. The molecule has 0 aliphatic heterocycles. The molecule has 5 nitrogen and oxygen atoms in total. The fourth-order valence-electron chi connectivity index (χ4n) is 5.19. The van der Waals surface area contributed by atoms with Crippen LogP contribution in [0, 0.1) is 5.41 Å². The Bertz CT molecular complexity index is 1590. The highest BCUT2D eigenvalue weighted by atomic mass is 35.5. The smallest absolute Gasteiger partial charge is 0.303 e. The van der Waals surface area contributed by atoms with Gasteiger partial charge in [0.2, 0.25) is 0 Å². The Morgan fingerprint density at radius 3 is 2.63 bits per heavy atom. The van der Waals surface area contributed by atoms with Crippen LogP contribution in [0.3, 0.4) is 0 Å². The number of aliphatic hydroxyl groups is 1. The highest BCUT2D eigenvalue weighted by molar-refractivity contribution is 7.23. The van der Waals surface area contributed by atoms with Crippen molar-refractivity contribution in [1.29, 1.82) is 0 Å². The van der Waals surface area contributed by atoms with Crippen molar-refractivity contribution in [2.75, 3.05) is 6.61 Å². The van der Waals surface area contributed by atoms with Gasteiger partial charge in [0.25, 0.3) is 0 Å². The molecule has 1 saturated carbocycles. The monoisotopic (exact) mass is 609 g/mol. The van der Waals surface area contributed by atoms with Gasteiger partial charge < -0.3 is 14.9 Å². The predicted molar refractivity (Wildman–Crippen MR) is 168 cm³/mol. The molecular formula is C33H33Cl2NO4S. The second-order valence-corrected chi connectivity index (χ2v) is 13.4. The Morgan fingerprint density at radius 2 is 1.90 bits per heavy atom. The number of benzene rings is 2. The molecule has 5 rings (SSSR count). The number of carbonyl (C=O) groups is 1. The van der Waals surface area contributed by atoms with Crippen LogP contribution in [0.1, 0.15) is 73.6 Å². The third-order valence-corrected chi connectivity index (χ3v) is 9.55. The van der Waals surface area contributed by atoms with Gasteiger partial charge in [0.05, 0.1) is 40.1 Å². The van der Waals surface area contributed by atoms with Crippen molar-refractivity contribution >= 4 is 62.9 Å². The lowest BCUT2D eigenvalue weighted by Crippen LogP contribution is -2.20. The van der Waals surface area contributed by atoms with E-state index >= 15 is 0 Å². The van der Waals surface area contributed by atoms with Crippen molar-refractivity contribution in [3.63, 3.8) is 0 Å². The highest BCUT2D eigenvalue weighted by Gasteiger charge is 2.45. The largest absolute Gasteiger partial charge is 0.481 e. The molecular weight excluding hydrogens is 577 g/mol. The summed E-state index contributed by atoms with van der Waals surface area (Å²) >= 11 is 13.9. The van der Waals surface area contributed by atoms with Crippen LogP contribution in [-0.2, 0) is 21.6 Å². The van der Waals surface area contributed by atoms with Crippen LogP contribution in [0.15, 0.2) is 60.7 Å². The predicted octanol–water partition coefficient (Wildman–Crippen LogP) is 8.95. The first-order valence-electron chi connectivity index (χ1n) is 13.7. The second-order valence-electron chi connectivity index (χ2n) is 11.4. The Balaban J connectivity index is 1.38. The average Bonchev–Trinajstić information content (AvgIpc) is 3.63. The number of fused-ring (bicyclic) bond motifs is 1. The number of halogens is 2. The molecule has 0 unspecified atom stereocenters. The molecule has 0 spiro atoms. The van der Waals surface area contributed by atoms with Gasteiger partial charge in [-0.05, 0) is 86.1 Å². The minimum Gasteiger partial charge on any atom is -0.481 e. The zero-order valence-corrected chi connectivity index (χ0v) is 25.4. The summed E-state index contributed by atoms with van der Waals surface area (Å²) in [7, 11) is 0. The summed E-state index contributed by atoms with van der Waals surface area (Å²) in [5.41, 5.74) is 4.25. The lowest BCUT2D eigenvalue weighted by molar-refractivity contribution is -0.139. The molecule has 1 fully saturated rings. The first-order chi connectivity index (χ1) is 19.5. The number of carboxylic acids is 1. The SMILES string of the molecule is CC(C)(O)c1ccccc1CC[C@@H](OCC1(CC(=O)O)CC1)c1cccc(C=Cc2ccc3sc(Cl)c(Cl)c3n2)c1. The van der Waals surface area contributed by atoms with Crippen LogP contribution in [0.2, 0.25) is 9.36 Å². The third kappa shape index (κ3) is 7.37. The number of pyridine rings is 1. The van der Waals surface area contributed by atoms with Crippen LogP contribution >= 0.6 is 34.5 Å². The van der Waals surface area contributed by atoms with Crippen LogP contribution in [0.4, 0.5) is 0 Å². The molecule has 214 valence electrons. The van der Waals surface area contributed by atoms with E-state index in [4.69, 9.17) is 27.9 Å². The third-order valence-electron chi connectivity index (χ3n) is 7.62. The molecule has 2 N–H and O–H groups in total. The standard InChI is InChI=1S/C33H33Cl2NO4S/c1-32(2,39)25-9-4-3-7-22(25)11-14-26(40-20-33(16-17-33)19-28(37)38)23-8-5-6-21(18-23)10-12-24-13-15-27-30(36-24)29(34)31(35)41-27/h3-10,12-13,15,18,26,39H,11,14,16-17,19-20H2,1-2H3,(H,37,38)/t26-/m1/s1. The molecule has 0 radical (unpaired) electrons. The summed E-state index contributed by atoms with van der Waals surface area (Å²) < 4.78 is 7.98. The van der Waals surface area contributed by atoms with Crippen LogP contribution in [0.5, 0.6) is 0 Å². The molecule has 8 heteroatoms. The Labute approximate surface area is 254 Å². The molecule has 0 amide bonds. The maximum absolute atomic E-state index is 11.4. The van der Waals surface area contributed by atoms with Gasteiger partial charge in [-0.3, -0.25) is 4.79 Å². The molecule has 2 aromatic heterocycles. The molecule has 0 saturated heterocycles. The summed E-state index contributed by atoms with van der Waals surface area (Å²) in [5.74, 6) is -0.785. The van der Waals surface area contributed by atoms with E-state index in [-0.39, 0.29) is 17.9 Å². The van der Waals surface area contributed by atoms with Crippen molar-refractivity contribution in [2.45, 2.75) is 57.7 Å². The number of aromatic nitrogens is 1. The van der Waals surface area contributed by atoms with Gasteiger partial charge in [-0.15, -0.1) is 11.3 Å². The van der Waals surface area contributed by atoms with Crippen molar-refractivity contribution in [3.8, 4) is 0 Å². The van der Waals surface area contributed by atoms with Crippen molar-refractivity contribution in [1.82, 2.24) is 4.98 Å². The number of aryl methyl sites for hydroxylation is 1. The summed E-state index contributed by atoms with van der Waals surface area (Å²) in [6.07, 6.45) is 6.99. The van der Waals surface area contributed by atoms with E-state index in [9.17, 15) is 15.0 Å². The molecule has 1 atom stereocenters. The van der Waals surface area contributed by atoms with Crippen molar-refractivity contribution in [3.05, 3.63) is 98.0 Å². The Hall–Kier alpha value is -2.74. The molecule has 0 bridgehead atoms. The summed E-state index contributed by atoms with van der Waals surface area (Å²) in [4.78, 5) is 16.1. The van der Waals surface area contributed by atoms with Crippen LogP contribution in [-0.4, -0.2) is 27.8 Å². The number of rotatable bonds is 12. The summed E-state index contributed by atoms with van der Waals surface area (Å²) in [6, 6.07) is 20.0. The molecule has 41 heavy (non-hydrogen) atoms. The first-order valence-corrected chi connectivity index (χ1v) is 15.3. The number of hydrogen-bond acceptors (Lipinski definition) is 5. The number of aliphatic carboxylic acids is 1. The van der Waals surface area contributed by atoms with Crippen LogP contribution in [0.25, 0.3) is 22.4 Å². The molecule has 1 aliphatic carbocycles. The maximum atomic E-state index is 11.4. The van der Waals surface area contributed by atoms with Gasteiger partial charge in [-0.2, -0.15) is 0 Å². The van der Waals surface area contributed by atoms with Gasteiger partial charge in [-0.1, -0.05) is 71.7 Å². The fourth-order valence-corrected chi connectivity index (χ4v) is 6.60. The van der Waals surface area contributed by atoms with E-state index in [1.807, 2.05) is 60.7 Å².